The summed E-state index contributed by atoms with van der Waals surface area (Å²) in [6.07, 6.45) is 1.18. The Bertz CT molecular complexity index is 406. The molecule has 0 aliphatic carbocycles. The molecule has 0 spiro atoms. The third-order valence-electron chi connectivity index (χ3n) is 3.39. The molecule has 0 fully saturated rings. The second-order valence-electron chi connectivity index (χ2n) is 9.31. The second-order valence-corrected chi connectivity index (χ2v) is 9.31. The van der Waals surface area contributed by atoms with Crippen LogP contribution >= 0.6 is 0 Å². The number of rotatable bonds is 8. The molecule has 0 bridgehead atoms. The van der Waals surface area contributed by atoms with Crippen molar-refractivity contribution in [3.8, 4) is 0 Å². The van der Waals surface area contributed by atoms with Crippen LogP contribution < -0.4 is 10.6 Å². The summed E-state index contributed by atoms with van der Waals surface area (Å²) in [6, 6.07) is -0.262. The minimum atomic E-state index is -0.524. The van der Waals surface area contributed by atoms with Crippen molar-refractivity contribution in [1.29, 1.82) is 0 Å². The van der Waals surface area contributed by atoms with Crippen LogP contribution in [-0.4, -0.2) is 36.1 Å². The van der Waals surface area contributed by atoms with E-state index < -0.39 is 11.7 Å². The second kappa shape index (κ2) is 9.40. The molecule has 0 aromatic carbocycles. The standard InChI is InChI=1S/C19H38N2O3/c1-13(2)10-16(14(3)22)20-12-15(11-18(4,5)6)21-17(23)24-19(7,8)9/h13,15-16,20H,10-12H2,1-9H3,(H,21,23)/t15-,16-/m0/s1. The van der Waals surface area contributed by atoms with Crippen molar-refractivity contribution in [3.05, 3.63) is 0 Å². The van der Waals surface area contributed by atoms with Crippen LogP contribution in [0.3, 0.4) is 0 Å². The predicted octanol–water partition coefficient (Wildman–Crippen LogP) is 3.91. The van der Waals surface area contributed by atoms with E-state index in [1.54, 1.807) is 6.92 Å². The van der Waals surface area contributed by atoms with Crippen molar-refractivity contribution >= 4 is 11.9 Å². The molecule has 0 heterocycles. The van der Waals surface area contributed by atoms with Gasteiger partial charge in [-0.15, -0.1) is 0 Å². The average Bonchev–Trinajstić information content (AvgIpc) is 2.28. The van der Waals surface area contributed by atoms with Gasteiger partial charge >= 0.3 is 6.09 Å². The van der Waals surface area contributed by atoms with E-state index in [2.05, 4.69) is 45.3 Å². The summed E-state index contributed by atoms with van der Waals surface area (Å²) in [5.41, 5.74) is -0.464. The van der Waals surface area contributed by atoms with Crippen LogP contribution in [0, 0.1) is 11.3 Å². The number of ketones is 1. The van der Waals surface area contributed by atoms with E-state index in [0.717, 1.165) is 12.8 Å². The molecule has 24 heavy (non-hydrogen) atoms. The molecule has 5 heteroatoms. The lowest BCUT2D eigenvalue weighted by Crippen LogP contribution is -2.49. The van der Waals surface area contributed by atoms with E-state index in [0.29, 0.717) is 12.5 Å². The number of alkyl carbamates (subject to hydrolysis) is 1. The minimum absolute atomic E-state index is 0.0606. The van der Waals surface area contributed by atoms with Gasteiger partial charge < -0.3 is 15.4 Å². The minimum Gasteiger partial charge on any atom is -0.444 e. The van der Waals surface area contributed by atoms with Gasteiger partial charge in [0.05, 0.1) is 6.04 Å². The normalized spacial score (nSPS) is 15.1. The van der Waals surface area contributed by atoms with Crippen molar-refractivity contribution in [3.63, 3.8) is 0 Å². The van der Waals surface area contributed by atoms with Crippen LogP contribution in [-0.2, 0) is 9.53 Å². The number of Topliss-reactive ketones (excluding diaryl/α,β-unsaturated/α-hetero) is 1. The first kappa shape index (κ1) is 22.9. The van der Waals surface area contributed by atoms with Gasteiger partial charge in [-0.3, -0.25) is 4.79 Å². The number of ether oxygens (including phenoxy) is 1. The fourth-order valence-corrected chi connectivity index (χ4v) is 2.54. The number of hydrogen-bond donors (Lipinski definition) is 2. The molecule has 5 nitrogen and oxygen atoms in total. The zero-order valence-electron chi connectivity index (χ0n) is 17.1. The van der Waals surface area contributed by atoms with Crippen LogP contribution in [0.1, 0.15) is 75.2 Å². The Morgan fingerprint density at radius 3 is 1.96 bits per heavy atom. The molecular formula is C19H38N2O3. The highest BCUT2D eigenvalue weighted by molar-refractivity contribution is 5.81. The quantitative estimate of drug-likeness (QED) is 0.702. The highest BCUT2D eigenvalue weighted by atomic mass is 16.6. The number of amides is 1. The molecule has 0 aromatic heterocycles. The first-order valence-corrected chi connectivity index (χ1v) is 8.93. The highest BCUT2D eigenvalue weighted by Crippen LogP contribution is 2.21. The molecule has 0 aromatic rings. The summed E-state index contributed by atoms with van der Waals surface area (Å²) in [6.45, 7) is 18.3. The van der Waals surface area contributed by atoms with Crippen LogP contribution in [0.25, 0.3) is 0 Å². The van der Waals surface area contributed by atoms with Gasteiger partial charge in [-0.25, -0.2) is 4.79 Å². The Labute approximate surface area is 148 Å². The van der Waals surface area contributed by atoms with Gasteiger partial charge in [-0.05, 0) is 51.9 Å². The summed E-state index contributed by atoms with van der Waals surface area (Å²) in [5.74, 6) is 0.571. The van der Waals surface area contributed by atoms with Gasteiger partial charge in [-0.1, -0.05) is 34.6 Å². The Balaban J connectivity index is 4.82. The SMILES string of the molecule is CC(=O)[C@H](CC(C)C)NC[C@H](CC(C)(C)C)NC(=O)OC(C)(C)C. The summed E-state index contributed by atoms with van der Waals surface area (Å²) in [5, 5.41) is 6.26. The van der Waals surface area contributed by atoms with E-state index in [1.807, 2.05) is 20.8 Å². The zero-order valence-corrected chi connectivity index (χ0v) is 17.1. The fraction of sp³-hybridized carbons (Fsp3) is 0.895. The van der Waals surface area contributed by atoms with Crippen molar-refractivity contribution in [1.82, 2.24) is 10.6 Å². The zero-order chi connectivity index (χ0) is 19.1. The molecule has 1 amide bonds. The van der Waals surface area contributed by atoms with Crippen molar-refractivity contribution in [2.45, 2.75) is 92.8 Å². The Morgan fingerprint density at radius 2 is 1.58 bits per heavy atom. The van der Waals surface area contributed by atoms with Crippen molar-refractivity contribution in [2.75, 3.05) is 6.54 Å². The first-order valence-electron chi connectivity index (χ1n) is 8.93. The maximum atomic E-state index is 12.1. The molecule has 0 aliphatic rings. The monoisotopic (exact) mass is 342 g/mol. The first-order chi connectivity index (χ1) is 10.7. The molecule has 0 radical (unpaired) electrons. The van der Waals surface area contributed by atoms with Gasteiger partial charge in [-0.2, -0.15) is 0 Å². The third-order valence-corrected chi connectivity index (χ3v) is 3.39. The number of carbonyl (C=O) groups is 2. The van der Waals surface area contributed by atoms with E-state index in [9.17, 15) is 9.59 Å². The summed E-state index contributed by atoms with van der Waals surface area (Å²) < 4.78 is 5.36. The summed E-state index contributed by atoms with van der Waals surface area (Å²) in [4.78, 5) is 23.9. The number of carbonyl (C=O) groups excluding carboxylic acids is 2. The van der Waals surface area contributed by atoms with Gasteiger partial charge in [0, 0.05) is 12.6 Å². The lowest BCUT2D eigenvalue weighted by Gasteiger charge is -2.30. The van der Waals surface area contributed by atoms with Crippen LogP contribution in [0.4, 0.5) is 4.79 Å². The summed E-state index contributed by atoms with van der Waals surface area (Å²) in [7, 11) is 0. The molecule has 0 unspecified atom stereocenters. The van der Waals surface area contributed by atoms with E-state index in [4.69, 9.17) is 4.74 Å². The topological polar surface area (TPSA) is 67.4 Å². The lowest BCUT2D eigenvalue weighted by atomic mass is 9.88. The van der Waals surface area contributed by atoms with Gasteiger partial charge in [0.25, 0.3) is 0 Å². The van der Waals surface area contributed by atoms with Crippen molar-refractivity contribution < 1.29 is 14.3 Å². The lowest BCUT2D eigenvalue weighted by molar-refractivity contribution is -0.119. The fourth-order valence-electron chi connectivity index (χ4n) is 2.54. The highest BCUT2D eigenvalue weighted by Gasteiger charge is 2.25. The van der Waals surface area contributed by atoms with Gasteiger partial charge in [0.1, 0.15) is 11.4 Å². The van der Waals surface area contributed by atoms with Crippen LogP contribution in [0.5, 0.6) is 0 Å². The maximum Gasteiger partial charge on any atom is 0.407 e. The van der Waals surface area contributed by atoms with E-state index >= 15 is 0 Å². The number of hydrogen-bond acceptors (Lipinski definition) is 4. The number of nitrogens with one attached hydrogen (secondary N) is 2. The Kier molecular flexibility index (Phi) is 8.97. The average molecular weight is 343 g/mol. The van der Waals surface area contributed by atoms with E-state index in [1.165, 1.54) is 0 Å². The smallest absolute Gasteiger partial charge is 0.407 e. The Morgan fingerprint density at radius 1 is 1.04 bits per heavy atom. The molecular weight excluding hydrogens is 304 g/mol. The van der Waals surface area contributed by atoms with Gasteiger partial charge in [0.15, 0.2) is 0 Å². The molecule has 0 aliphatic heterocycles. The largest absolute Gasteiger partial charge is 0.444 e. The van der Waals surface area contributed by atoms with Crippen LogP contribution in [0.15, 0.2) is 0 Å². The molecule has 0 rings (SSSR count). The Hall–Kier alpha value is -1.10. The molecule has 0 saturated heterocycles. The van der Waals surface area contributed by atoms with Gasteiger partial charge in [0.2, 0.25) is 0 Å². The van der Waals surface area contributed by atoms with Crippen LogP contribution in [0.2, 0.25) is 0 Å². The third kappa shape index (κ3) is 12.3. The maximum absolute atomic E-state index is 12.1. The van der Waals surface area contributed by atoms with Crippen molar-refractivity contribution in [2.24, 2.45) is 11.3 Å². The summed E-state index contributed by atoms with van der Waals surface area (Å²) >= 11 is 0. The molecule has 142 valence electrons. The predicted molar refractivity (Wildman–Crippen MR) is 99.2 cm³/mol. The molecule has 2 N–H and O–H groups in total. The van der Waals surface area contributed by atoms with E-state index in [-0.39, 0.29) is 23.3 Å². The molecule has 0 saturated carbocycles. The molecule has 2 atom stereocenters.